The molecule has 3 nitrogen and oxygen atoms in total. The third-order valence-corrected chi connectivity index (χ3v) is 4.40. The molecule has 1 atom stereocenters. The molecule has 17 heavy (non-hydrogen) atoms. The van der Waals surface area contributed by atoms with Gasteiger partial charge < -0.3 is 15.5 Å². The predicted octanol–water partition coefficient (Wildman–Crippen LogP) is 1.39. The summed E-state index contributed by atoms with van der Waals surface area (Å²) in [6.07, 6.45) is 5.39. The number of rotatable bonds is 5. The summed E-state index contributed by atoms with van der Waals surface area (Å²) >= 11 is 0. The summed E-state index contributed by atoms with van der Waals surface area (Å²) in [4.78, 5) is 4.90. The Morgan fingerprint density at radius 1 is 1.18 bits per heavy atom. The van der Waals surface area contributed by atoms with Gasteiger partial charge in [-0.05, 0) is 71.6 Å². The highest BCUT2D eigenvalue weighted by Gasteiger charge is 2.39. The van der Waals surface area contributed by atoms with Gasteiger partial charge in [-0.3, -0.25) is 0 Å². The minimum atomic E-state index is 0.0639. The first-order chi connectivity index (χ1) is 7.97. The molecule has 1 aliphatic carbocycles. The van der Waals surface area contributed by atoms with Gasteiger partial charge in [0.2, 0.25) is 0 Å². The van der Waals surface area contributed by atoms with E-state index in [0.29, 0.717) is 0 Å². The summed E-state index contributed by atoms with van der Waals surface area (Å²) in [5, 5.41) is 0. The number of likely N-dealkylation sites (tertiary alicyclic amines) is 1. The van der Waals surface area contributed by atoms with Crippen LogP contribution < -0.4 is 5.73 Å². The van der Waals surface area contributed by atoms with E-state index in [0.717, 1.165) is 18.4 Å². The van der Waals surface area contributed by atoms with Crippen LogP contribution in [0.2, 0.25) is 0 Å². The van der Waals surface area contributed by atoms with E-state index in [4.69, 9.17) is 5.73 Å². The molecule has 0 radical (unpaired) electrons. The van der Waals surface area contributed by atoms with Crippen LogP contribution in [0.4, 0.5) is 0 Å². The average molecular weight is 239 g/mol. The second-order valence-electron chi connectivity index (χ2n) is 6.76. The Bertz CT molecular complexity index is 238. The summed E-state index contributed by atoms with van der Waals surface area (Å²) in [6, 6.07) is 0. The molecule has 1 unspecified atom stereocenters. The van der Waals surface area contributed by atoms with Gasteiger partial charge in [-0.1, -0.05) is 0 Å². The Morgan fingerprint density at radius 3 is 2.24 bits per heavy atom. The van der Waals surface area contributed by atoms with Crippen LogP contribution in [-0.4, -0.2) is 55.6 Å². The molecule has 0 aromatic rings. The largest absolute Gasteiger partial charge is 0.324 e. The zero-order valence-electron chi connectivity index (χ0n) is 11.8. The lowest BCUT2D eigenvalue weighted by molar-refractivity contribution is 0.132. The molecule has 3 heteroatoms. The normalized spacial score (nSPS) is 27.4. The van der Waals surface area contributed by atoms with Gasteiger partial charge >= 0.3 is 0 Å². The first kappa shape index (κ1) is 13.3. The zero-order valence-corrected chi connectivity index (χ0v) is 11.8. The molecule has 0 bridgehead atoms. The highest BCUT2D eigenvalue weighted by atomic mass is 15.2. The summed E-state index contributed by atoms with van der Waals surface area (Å²) in [6.45, 7) is 7.09. The van der Waals surface area contributed by atoms with Crippen molar-refractivity contribution < 1.29 is 0 Å². The van der Waals surface area contributed by atoms with Crippen molar-refractivity contribution in [1.82, 2.24) is 9.80 Å². The van der Waals surface area contributed by atoms with E-state index >= 15 is 0 Å². The molecule has 2 rings (SSSR count). The van der Waals surface area contributed by atoms with Crippen LogP contribution in [0.1, 0.15) is 32.6 Å². The topological polar surface area (TPSA) is 32.5 Å². The van der Waals surface area contributed by atoms with E-state index in [9.17, 15) is 0 Å². The molecule has 2 aliphatic rings. The smallest absolute Gasteiger partial charge is 0.0283 e. The highest BCUT2D eigenvalue weighted by Crippen LogP contribution is 2.38. The van der Waals surface area contributed by atoms with Crippen LogP contribution in [0.3, 0.4) is 0 Å². The maximum absolute atomic E-state index is 6.42. The van der Waals surface area contributed by atoms with Crippen molar-refractivity contribution in [1.29, 1.82) is 0 Å². The number of nitrogens with zero attached hydrogens (tertiary/aromatic N) is 2. The van der Waals surface area contributed by atoms with Crippen molar-refractivity contribution >= 4 is 0 Å². The highest BCUT2D eigenvalue weighted by molar-refractivity contribution is 4.97. The third kappa shape index (κ3) is 3.94. The van der Waals surface area contributed by atoms with Crippen molar-refractivity contribution in [3.63, 3.8) is 0 Å². The number of nitrogens with two attached hydrogens (primary N) is 1. The van der Waals surface area contributed by atoms with E-state index < -0.39 is 0 Å². The molecule has 2 fully saturated rings. The average Bonchev–Trinajstić information content (AvgIpc) is 3.03. The Balaban J connectivity index is 1.71. The van der Waals surface area contributed by atoms with Gasteiger partial charge in [0, 0.05) is 18.6 Å². The number of piperidine rings is 1. The molecule has 0 amide bonds. The molecule has 0 spiro atoms. The molecule has 2 N–H and O–H groups in total. The lowest BCUT2D eigenvalue weighted by Crippen LogP contribution is -2.51. The van der Waals surface area contributed by atoms with Crippen LogP contribution >= 0.6 is 0 Å². The molecule has 0 aromatic heterocycles. The SMILES string of the molecule is CN(C)CC1CCN(CC(C)(N)C2CC2)CC1. The monoisotopic (exact) mass is 239 g/mol. The lowest BCUT2D eigenvalue weighted by Gasteiger charge is -2.38. The maximum Gasteiger partial charge on any atom is 0.0283 e. The van der Waals surface area contributed by atoms with Gasteiger partial charge in [0.1, 0.15) is 0 Å². The van der Waals surface area contributed by atoms with E-state index in [-0.39, 0.29) is 5.54 Å². The Labute approximate surface area is 106 Å². The Hall–Kier alpha value is -0.120. The van der Waals surface area contributed by atoms with E-state index in [1.165, 1.54) is 45.3 Å². The second-order valence-corrected chi connectivity index (χ2v) is 6.76. The molecule has 1 aliphatic heterocycles. The van der Waals surface area contributed by atoms with E-state index in [1.807, 2.05) is 0 Å². The van der Waals surface area contributed by atoms with Gasteiger partial charge in [-0.25, -0.2) is 0 Å². The van der Waals surface area contributed by atoms with Crippen molar-refractivity contribution in [3.05, 3.63) is 0 Å². The Kier molecular flexibility index (Phi) is 4.11. The van der Waals surface area contributed by atoms with Gasteiger partial charge in [-0.15, -0.1) is 0 Å². The Morgan fingerprint density at radius 2 is 1.76 bits per heavy atom. The fourth-order valence-electron chi connectivity index (χ4n) is 3.20. The molecule has 1 saturated heterocycles. The zero-order chi connectivity index (χ0) is 12.5. The van der Waals surface area contributed by atoms with Crippen LogP contribution in [0.5, 0.6) is 0 Å². The van der Waals surface area contributed by atoms with Crippen LogP contribution in [0, 0.1) is 11.8 Å². The standard InChI is InChI=1S/C14H29N3/c1-14(15,13-4-5-13)11-17-8-6-12(7-9-17)10-16(2)3/h12-13H,4-11,15H2,1-3H3. The van der Waals surface area contributed by atoms with Gasteiger partial charge in [0.05, 0.1) is 0 Å². The molecule has 0 aromatic carbocycles. The van der Waals surface area contributed by atoms with Crippen molar-refractivity contribution in [2.45, 2.75) is 38.1 Å². The van der Waals surface area contributed by atoms with Crippen molar-refractivity contribution in [3.8, 4) is 0 Å². The number of hydrogen-bond acceptors (Lipinski definition) is 3. The van der Waals surface area contributed by atoms with Crippen LogP contribution in [0.15, 0.2) is 0 Å². The predicted molar refractivity (Wildman–Crippen MR) is 73.0 cm³/mol. The fraction of sp³-hybridized carbons (Fsp3) is 1.00. The van der Waals surface area contributed by atoms with Gasteiger partial charge in [0.25, 0.3) is 0 Å². The molecule has 1 heterocycles. The van der Waals surface area contributed by atoms with E-state index in [1.54, 1.807) is 0 Å². The van der Waals surface area contributed by atoms with Crippen molar-refractivity contribution in [2.24, 2.45) is 17.6 Å². The summed E-state index contributed by atoms with van der Waals surface area (Å²) < 4.78 is 0. The van der Waals surface area contributed by atoms with Gasteiger partial charge in [0.15, 0.2) is 0 Å². The third-order valence-electron chi connectivity index (χ3n) is 4.40. The minimum Gasteiger partial charge on any atom is -0.324 e. The molecule has 1 saturated carbocycles. The first-order valence-corrected chi connectivity index (χ1v) is 7.13. The maximum atomic E-state index is 6.42. The molecular formula is C14H29N3. The molecule has 100 valence electrons. The lowest BCUT2D eigenvalue weighted by atomic mass is 9.92. The second kappa shape index (κ2) is 5.25. The number of hydrogen-bond donors (Lipinski definition) is 1. The fourth-order valence-corrected chi connectivity index (χ4v) is 3.20. The van der Waals surface area contributed by atoms with Crippen molar-refractivity contribution in [2.75, 3.05) is 40.3 Å². The van der Waals surface area contributed by atoms with Crippen LogP contribution in [0.25, 0.3) is 0 Å². The van der Waals surface area contributed by atoms with Crippen LogP contribution in [-0.2, 0) is 0 Å². The quantitative estimate of drug-likeness (QED) is 0.787. The van der Waals surface area contributed by atoms with E-state index in [2.05, 4.69) is 30.8 Å². The summed E-state index contributed by atoms with van der Waals surface area (Å²) in [7, 11) is 4.35. The minimum absolute atomic E-state index is 0.0639. The van der Waals surface area contributed by atoms with Gasteiger partial charge in [-0.2, -0.15) is 0 Å². The first-order valence-electron chi connectivity index (χ1n) is 7.13. The summed E-state index contributed by atoms with van der Waals surface area (Å²) in [5.74, 6) is 1.69. The summed E-state index contributed by atoms with van der Waals surface area (Å²) in [5.41, 5.74) is 6.48. The molecular weight excluding hydrogens is 210 g/mol.